The van der Waals surface area contributed by atoms with Crippen LogP contribution in [-0.4, -0.2) is 37.7 Å². The number of aromatic amines is 1. The third-order valence-electron chi connectivity index (χ3n) is 4.72. The van der Waals surface area contributed by atoms with Gasteiger partial charge in [0.2, 0.25) is 5.89 Å². The highest BCUT2D eigenvalue weighted by Crippen LogP contribution is 2.33. The second kappa shape index (κ2) is 6.74. The molecule has 0 spiro atoms. The Hall–Kier alpha value is -2.96. The molecule has 1 unspecified atom stereocenters. The first-order chi connectivity index (χ1) is 12.6. The van der Waals surface area contributed by atoms with Gasteiger partial charge in [0.1, 0.15) is 6.04 Å². The fourth-order valence-corrected chi connectivity index (χ4v) is 3.26. The number of carbonyl (C=O) groups excluding carboxylic acids is 1. The van der Waals surface area contributed by atoms with Gasteiger partial charge >= 0.3 is 0 Å². The summed E-state index contributed by atoms with van der Waals surface area (Å²) < 4.78 is 5.43. The van der Waals surface area contributed by atoms with Crippen LogP contribution in [0.3, 0.4) is 0 Å². The van der Waals surface area contributed by atoms with Crippen LogP contribution in [-0.2, 0) is 0 Å². The van der Waals surface area contributed by atoms with E-state index in [1.807, 2.05) is 49.1 Å². The molecule has 26 heavy (non-hydrogen) atoms. The van der Waals surface area contributed by atoms with Crippen molar-refractivity contribution in [3.63, 3.8) is 0 Å². The molecule has 3 aromatic rings. The minimum Gasteiger partial charge on any atom is -0.337 e. The lowest BCUT2D eigenvalue weighted by atomic mass is 10.1. The van der Waals surface area contributed by atoms with Crippen molar-refractivity contribution < 1.29 is 9.32 Å². The summed E-state index contributed by atoms with van der Waals surface area (Å²) in [5.74, 6) is 1.41. The molecule has 2 aromatic heterocycles. The van der Waals surface area contributed by atoms with Gasteiger partial charge in [-0.2, -0.15) is 10.1 Å². The molecule has 1 atom stereocenters. The van der Waals surface area contributed by atoms with E-state index in [2.05, 4.69) is 20.3 Å². The number of carbonyl (C=O) groups is 1. The summed E-state index contributed by atoms with van der Waals surface area (Å²) in [5, 5.41) is 10.9. The van der Waals surface area contributed by atoms with Gasteiger partial charge in [-0.1, -0.05) is 31.1 Å². The summed E-state index contributed by atoms with van der Waals surface area (Å²) >= 11 is 0. The lowest BCUT2D eigenvalue weighted by Crippen LogP contribution is -2.30. The molecule has 134 valence electrons. The zero-order valence-electron chi connectivity index (χ0n) is 14.8. The number of aromatic nitrogens is 4. The van der Waals surface area contributed by atoms with Gasteiger partial charge in [-0.25, -0.2) is 0 Å². The highest BCUT2D eigenvalue weighted by atomic mass is 16.5. The molecule has 7 heteroatoms. The summed E-state index contributed by atoms with van der Waals surface area (Å²) in [5.41, 5.74) is 2.58. The SMILES string of the molecule is CC(C)c1noc(C2CCCN2C(=O)c2ccc(-c3ccn[nH]3)cc2)n1. The number of H-pyrrole nitrogens is 1. The quantitative estimate of drug-likeness (QED) is 0.776. The highest BCUT2D eigenvalue weighted by Gasteiger charge is 2.34. The van der Waals surface area contributed by atoms with Crippen molar-refractivity contribution in [3.8, 4) is 11.3 Å². The van der Waals surface area contributed by atoms with Gasteiger partial charge in [-0.05, 0) is 36.6 Å². The smallest absolute Gasteiger partial charge is 0.254 e. The van der Waals surface area contributed by atoms with Gasteiger partial charge in [0.15, 0.2) is 5.82 Å². The number of rotatable bonds is 4. The monoisotopic (exact) mass is 351 g/mol. The van der Waals surface area contributed by atoms with Crippen LogP contribution in [0.25, 0.3) is 11.3 Å². The predicted octanol–water partition coefficient (Wildman–Crippen LogP) is 3.56. The topological polar surface area (TPSA) is 87.9 Å². The minimum atomic E-state index is -0.144. The second-order valence-electron chi connectivity index (χ2n) is 6.85. The van der Waals surface area contributed by atoms with Crippen LogP contribution in [0.5, 0.6) is 0 Å². The lowest BCUT2D eigenvalue weighted by molar-refractivity contribution is 0.0710. The van der Waals surface area contributed by atoms with E-state index in [-0.39, 0.29) is 17.9 Å². The Morgan fingerprint density at radius 3 is 2.73 bits per heavy atom. The summed E-state index contributed by atoms with van der Waals surface area (Å²) in [6.07, 6.45) is 3.48. The maximum Gasteiger partial charge on any atom is 0.254 e. The number of benzene rings is 1. The van der Waals surface area contributed by atoms with Gasteiger partial charge in [-0.3, -0.25) is 9.89 Å². The Kier molecular flexibility index (Phi) is 4.28. The van der Waals surface area contributed by atoms with Crippen LogP contribution < -0.4 is 0 Å². The van der Waals surface area contributed by atoms with E-state index in [4.69, 9.17) is 4.52 Å². The molecule has 1 amide bonds. The first-order valence-corrected chi connectivity index (χ1v) is 8.88. The zero-order chi connectivity index (χ0) is 18.1. The molecule has 1 aliphatic heterocycles. The number of amides is 1. The minimum absolute atomic E-state index is 0.00652. The van der Waals surface area contributed by atoms with Gasteiger partial charge in [0, 0.05) is 24.2 Å². The van der Waals surface area contributed by atoms with Crippen molar-refractivity contribution >= 4 is 5.91 Å². The van der Waals surface area contributed by atoms with E-state index in [1.54, 1.807) is 6.20 Å². The van der Waals surface area contributed by atoms with E-state index in [1.165, 1.54) is 0 Å². The van der Waals surface area contributed by atoms with Gasteiger partial charge in [-0.15, -0.1) is 0 Å². The third kappa shape index (κ3) is 3.00. The lowest BCUT2D eigenvalue weighted by Gasteiger charge is -2.22. The van der Waals surface area contributed by atoms with Crippen molar-refractivity contribution in [2.75, 3.05) is 6.54 Å². The van der Waals surface area contributed by atoms with Crippen LogP contribution in [0.1, 0.15) is 60.7 Å². The molecule has 1 saturated heterocycles. The molecule has 1 aromatic carbocycles. The molecule has 0 saturated carbocycles. The summed E-state index contributed by atoms with van der Waals surface area (Å²) in [6, 6.07) is 9.30. The number of nitrogens with one attached hydrogen (secondary N) is 1. The van der Waals surface area contributed by atoms with Gasteiger partial charge in [0.05, 0.1) is 5.69 Å². The average Bonchev–Trinajstić information content (AvgIpc) is 3.42. The van der Waals surface area contributed by atoms with E-state index < -0.39 is 0 Å². The fraction of sp³-hybridized carbons (Fsp3) is 0.368. The molecule has 7 nitrogen and oxygen atoms in total. The standard InChI is InChI=1S/C19H21N5O2/c1-12(2)17-21-18(26-23-17)16-4-3-11-24(16)19(25)14-7-5-13(6-8-14)15-9-10-20-22-15/h5-10,12,16H,3-4,11H2,1-2H3,(H,20,22). The van der Waals surface area contributed by atoms with Crippen LogP contribution >= 0.6 is 0 Å². The first-order valence-electron chi connectivity index (χ1n) is 8.88. The van der Waals surface area contributed by atoms with Crippen molar-refractivity contribution in [3.05, 3.63) is 53.8 Å². The molecule has 1 N–H and O–H groups in total. The molecule has 3 heterocycles. The zero-order valence-corrected chi connectivity index (χ0v) is 14.8. The predicted molar refractivity (Wildman–Crippen MR) is 95.4 cm³/mol. The number of likely N-dealkylation sites (tertiary alicyclic amines) is 1. The Balaban J connectivity index is 1.54. The molecule has 0 bridgehead atoms. The van der Waals surface area contributed by atoms with Crippen molar-refractivity contribution in [1.82, 2.24) is 25.2 Å². The summed E-state index contributed by atoms with van der Waals surface area (Å²) in [6.45, 7) is 4.74. The summed E-state index contributed by atoms with van der Waals surface area (Å²) in [4.78, 5) is 19.3. The van der Waals surface area contributed by atoms with E-state index in [0.29, 0.717) is 23.8 Å². The van der Waals surface area contributed by atoms with Crippen LogP contribution in [0.15, 0.2) is 41.1 Å². The molecule has 4 rings (SSSR count). The fourth-order valence-electron chi connectivity index (χ4n) is 3.26. The average molecular weight is 351 g/mol. The Morgan fingerprint density at radius 2 is 2.08 bits per heavy atom. The molecule has 0 aliphatic carbocycles. The summed E-state index contributed by atoms with van der Waals surface area (Å²) in [7, 11) is 0. The maximum atomic E-state index is 13.0. The van der Waals surface area contributed by atoms with Gasteiger partial charge < -0.3 is 9.42 Å². The maximum absolute atomic E-state index is 13.0. The third-order valence-corrected chi connectivity index (χ3v) is 4.72. The van der Waals surface area contributed by atoms with Crippen LogP contribution in [0, 0.1) is 0 Å². The van der Waals surface area contributed by atoms with E-state index in [0.717, 1.165) is 24.1 Å². The van der Waals surface area contributed by atoms with Gasteiger partial charge in [0.25, 0.3) is 5.91 Å². The second-order valence-corrected chi connectivity index (χ2v) is 6.85. The van der Waals surface area contributed by atoms with Crippen molar-refractivity contribution in [2.24, 2.45) is 0 Å². The molecular formula is C19H21N5O2. The Morgan fingerprint density at radius 1 is 1.27 bits per heavy atom. The molecular weight excluding hydrogens is 330 g/mol. The van der Waals surface area contributed by atoms with E-state index >= 15 is 0 Å². The molecule has 0 radical (unpaired) electrons. The largest absolute Gasteiger partial charge is 0.337 e. The first kappa shape index (κ1) is 16.5. The normalized spacial score (nSPS) is 17.2. The number of nitrogens with zero attached hydrogens (tertiary/aromatic N) is 4. The highest BCUT2D eigenvalue weighted by molar-refractivity contribution is 5.95. The van der Waals surface area contributed by atoms with Crippen molar-refractivity contribution in [1.29, 1.82) is 0 Å². The number of hydrogen-bond acceptors (Lipinski definition) is 5. The van der Waals surface area contributed by atoms with E-state index in [9.17, 15) is 4.79 Å². The number of hydrogen-bond donors (Lipinski definition) is 1. The van der Waals surface area contributed by atoms with Crippen molar-refractivity contribution in [2.45, 2.75) is 38.6 Å². The van der Waals surface area contributed by atoms with Crippen LogP contribution in [0.2, 0.25) is 0 Å². The van der Waals surface area contributed by atoms with Crippen LogP contribution in [0.4, 0.5) is 0 Å². The Labute approximate surface area is 151 Å². The molecule has 1 aliphatic rings. The Bertz CT molecular complexity index is 883. The molecule has 1 fully saturated rings.